The number of hydrogen-bond donors (Lipinski definition) is 0. The first-order chi connectivity index (χ1) is 11.3. The Morgan fingerprint density at radius 3 is 2.09 bits per heavy atom. The van der Waals surface area contributed by atoms with E-state index in [4.69, 9.17) is 9.47 Å². The molecule has 2 aliphatic heterocycles. The van der Waals surface area contributed by atoms with Gasteiger partial charge in [0.25, 0.3) is 0 Å². The fourth-order valence-corrected chi connectivity index (χ4v) is 3.62. The second kappa shape index (κ2) is 6.25. The van der Waals surface area contributed by atoms with Crippen LogP contribution in [0.25, 0.3) is 0 Å². The summed E-state index contributed by atoms with van der Waals surface area (Å²) in [6, 6.07) is 18.2. The smallest absolute Gasteiger partial charge is 0.120 e. The van der Waals surface area contributed by atoms with Crippen LogP contribution in [0.5, 0.6) is 11.5 Å². The molecule has 0 saturated carbocycles. The van der Waals surface area contributed by atoms with Gasteiger partial charge < -0.3 is 14.4 Å². The summed E-state index contributed by atoms with van der Waals surface area (Å²) >= 11 is 0. The Bertz CT molecular complexity index is 630. The molecule has 0 N–H and O–H groups in total. The highest BCUT2D eigenvalue weighted by molar-refractivity contribution is 5.31. The molecule has 3 nitrogen and oxygen atoms in total. The predicted octanol–water partition coefficient (Wildman–Crippen LogP) is 3.74. The molecule has 3 heteroatoms. The van der Waals surface area contributed by atoms with E-state index in [0.29, 0.717) is 12.0 Å². The Hall–Kier alpha value is -2.00. The van der Waals surface area contributed by atoms with Gasteiger partial charge in [-0.05, 0) is 55.8 Å². The molecular weight excluding hydrogens is 286 g/mol. The van der Waals surface area contributed by atoms with Crippen LogP contribution in [0.1, 0.15) is 18.4 Å². The van der Waals surface area contributed by atoms with E-state index in [1.807, 2.05) is 42.5 Å². The lowest BCUT2D eigenvalue weighted by Gasteiger charge is -2.25. The molecule has 0 aliphatic carbocycles. The van der Waals surface area contributed by atoms with Crippen molar-refractivity contribution in [1.29, 1.82) is 0 Å². The van der Waals surface area contributed by atoms with E-state index in [1.165, 1.54) is 38.0 Å². The summed E-state index contributed by atoms with van der Waals surface area (Å²) in [5.74, 6) is 1.82. The highest BCUT2D eigenvalue weighted by atomic mass is 16.5. The van der Waals surface area contributed by atoms with E-state index in [9.17, 15) is 0 Å². The van der Waals surface area contributed by atoms with Gasteiger partial charge in [-0.1, -0.05) is 30.3 Å². The first-order valence-electron chi connectivity index (χ1n) is 8.43. The lowest BCUT2D eigenvalue weighted by Crippen LogP contribution is -2.27. The molecule has 0 spiro atoms. The van der Waals surface area contributed by atoms with E-state index in [0.717, 1.165) is 18.1 Å². The minimum absolute atomic E-state index is 0.405. The molecule has 2 aromatic rings. The highest BCUT2D eigenvalue weighted by Crippen LogP contribution is 2.40. The minimum Gasteiger partial charge on any atom is -0.493 e. The van der Waals surface area contributed by atoms with E-state index in [1.54, 1.807) is 0 Å². The van der Waals surface area contributed by atoms with Crippen LogP contribution in [0.4, 0.5) is 0 Å². The van der Waals surface area contributed by atoms with Crippen LogP contribution < -0.4 is 9.47 Å². The number of piperidine rings is 1. The molecule has 0 unspecified atom stereocenters. The topological polar surface area (TPSA) is 21.7 Å². The summed E-state index contributed by atoms with van der Waals surface area (Å²) in [5.41, 5.74) is 1.58. The molecular formula is C20H23NO2. The van der Waals surface area contributed by atoms with Crippen molar-refractivity contribution in [2.75, 3.05) is 26.2 Å². The van der Waals surface area contributed by atoms with E-state index >= 15 is 0 Å². The summed E-state index contributed by atoms with van der Waals surface area (Å²) < 4.78 is 11.9. The van der Waals surface area contributed by atoms with E-state index in [2.05, 4.69) is 17.0 Å². The molecule has 23 heavy (non-hydrogen) atoms. The fraction of sp³-hybridized carbons (Fsp3) is 0.400. The molecule has 4 rings (SSSR count). The van der Waals surface area contributed by atoms with Crippen LogP contribution in [0, 0.1) is 5.41 Å². The van der Waals surface area contributed by atoms with Crippen LogP contribution >= 0.6 is 0 Å². The van der Waals surface area contributed by atoms with Crippen LogP contribution in [0.2, 0.25) is 0 Å². The molecule has 0 radical (unpaired) electrons. The van der Waals surface area contributed by atoms with Gasteiger partial charge in [-0.2, -0.15) is 0 Å². The standard InChI is InChI=1S/C20H23NO2/c1-2-4-17(5-3-1)14-22-18-6-8-19(9-7-18)23-16-20-10-12-21(15-20)13-11-20/h1-9H,10-16H2. The Labute approximate surface area is 137 Å². The SMILES string of the molecule is c1ccc(COc2ccc(OCC34CCN(CC3)C4)cc2)cc1. The second-order valence-electron chi connectivity index (χ2n) is 6.81. The lowest BCUT2D eigenvalue weighted by molar-refractivity contribution is 0.167. The fourth-order valence-electron chi connectivity index (χ4n) is 3.62. The number of ether oxygens (including phenoxy) is 2. The summed E-state index contributed by atoms with van der Waals surface area (Å²) in [6.45, 7) is 5.14. The molecule has 0 atom stereocenters. The van der Waals surface area contributed by atoms with Crippen molar-refractivity contribution in [3.8, 4) is 11.5 Å². The predicted molar refractivity (Wildman–Crippen MR) is 90.8 cm³/mol. The van der Waals surface area contributed by atoms with Crippen molar-refractivity contribution in [2.24, 2.45) is 5.41 Å². The molecule has 2 heterocycles. The molecule has 2 aliphatic rings. The molecule has 0 amide bonds. The third-order valence-electron chi connectivity index (χ3n) is 5.09. The zero-order valence-electron chi connectivity index (χ0n) is 13.4. The normalized spacial score (nSPS) is 25.5. The van der Waals surface area contributed by atoms with E-state index < -0.39 is 0 Å². The monoisotopic (exact) mass is 309 g/mol. The second-order valence-corrected chi connectivity index (χ2v) is 6.81. The quantitative estimate of drug-likeness (QED) is 0.811. The van der Waals surface area contributed by atoms with Gasteiger partial charge in [0, 0.05) is 12.0 Å². The summed E-state index contributed by atoms with van der Waals surface area (Å²) in [7, 11) is 0. The first kappa shape index (κ1) is 14.6. The van der Waals surface area contributed by atoms with Crippen molar-refractivity contribution in [1.82, 2.24) is 4.90 Å². The van der Waals surface area contributed by atoms with Crippen LogP contribution in [-0.2, 0) is 6.61 Å². The summed E-state index contributed by atoms with van der Waals surface area (Å²) in [5, 5.41) is 0. The zero-order valence-corrected chi connectivity index (χ0v) is 13.4. The van der Waals surface area contributed by atoms with Gasteiger partial charge in [0.15, 0.2) is 0 Å². The van der Waals surface area contributed by atoms with Crippen LogP contribution in [0.15, 0.2) is 54.6 Å². The first-order valence-corrected chi connectivity index (χ1v) is 8.43. The number of fused-ring (bicyclic) bond motifs is 2. The summed E-state index contributed by atoms with van der Waals surface area (Å²) in [4.78, 5) is 2.55. The maximum absolute atomic E-state index is 6.05. The van der Waals surface area contributed by atoms with Crippen molar-refractivity contribution >= 4 is 0 Å². The van der Waals surface area contributed by atoms with Gasteiger partial charge in [0.1, 0.15) is 18.1 Å². The van der Waals surface area contributed by atoms with Gasteiger partial charge >= 0.3 is 0 Å². The maximum Gasteiger partial charge on any atom is 0.120 e. The van der Waals surface area contributed by atoms with Gasteiger partial charge in [-0.15, -0.1) is 0 Å². The van der Waals surface area contributed by atoms with Crippen molar-refractivity contribution in [3.05, 3.63) is 60.2 Å². The van der Waals surface area contributed by atoms with Crippen molar-refractivity contribution < 1.29 is 9.47 Å². The molecule has 2 bridgehead atoms. The van der Waals surface area contributed by atoms with Crippen molar-refractivity contribution in [2.45, 2.75) is 19.4 Å². The van der Waals surface area contributed by atoms with Gasteiger partial charge in [-0.3, -0.25) is 0 Å². The number of benzene rings is 2. The van der Waals surface area contributed by atoms with Crippen LogP contribution in [-0.4, -0.2) is 31.1 Å². The lowest BCUT2D eigenvalue weighted by atomic mass is 9.86. The molecule has 0 aromatic heterocycles. The number of rotatable bonds is 6. The van der Waals surface area contributed by atoms with Gasteiger partial charge in [0.05, 0.1) is 6.61 Å². The minimum atomic E-state index is 0.405. The van der Waals surface area contributed by atoms with Crippen molar-refractivity contribution in [3.63, 3.8) is 0 Å². The molecule has 2 fully saturated rings. The maximum atomic E-state index is 6.05. The highest BCUT2D eigenvalue weighted by Gasteiger charge is 2.44. The Kier molecular flexibility index (Phi) is 3.96. The molecule has 2 saturated heterocycles. The Morgan fingerprint density at radius 1 is 0.826 bits per heavy atom. The molecule has 120 valence electrons. The Balaban J connectivity index is 1.29. The van der Waals surface area contributed by atoms with E-state index in [-0.39, 0.29) is 0 Å². The summed E-state index contributed by atoms with van der Waals surface area (Å²) in [6.07, 6.45) is 2.57. The number of nitrogens with zero attached hydrogens (tertiary/aromatic N) is 1. The third-order valence-corrected chi connectivity index (χ3v) is 5.09. The average Bonchev–Trinajstić information content (AvgIpc) is 3.21. The average molecular weight is 309 g/mol. The largest absolute Gasteiger partial charge is 0.493 e. The Morgan fingerprint density at radius 2 is 1.48 bits per heavy atom. The van der Waals surface area contributed by atoms with Crippen LogP contribution in [0.3, 0.4) is 0 Å². The number of hydrogen-bond acceptors (Lipinski definition) is 3. The zero-order chi connectivity index (χ0) is 15.5. The van der Waals surface area contributed by atoms with Gasteiger partial charge in [0.2, 0.25) is 0 Å². The third kappa shape index (κ3) is 3.35. The van der Waals surface area contributed by atoms with Gasteiger partial charge in [-0.25, -0.2) is 0 Å². The molecule has 2 aromatic carbocycles.